The molecule has 0 aliphatic rings. The van der Waals surface area contributed by atoms with Crippen molar-refractivity contribution in [1.82, 2.24) is 0 Å². The molecule has 14 heavy (non-hydrogen) atoms. The molecule has 0 radical (unpaired) electrons. The summed E-state index contributed by atoms with van der Waals surface area (Å²) in [5, 5.41) is 0. The minimum absolute atomic E-state index is 0.0130. The summed E-state index contributed by atoms with van der Waals surface area (Å²) in [6.07, 6.45) is 1.31. The van der Waals surface area contributed by atoms with E-state index in [0.717, 1.165) is 18.4 Å². The summed E-state index contributed by atoms with van der Waals surface area (Å²) in [6, 6.07) is 2.09. The summed E-state index contributed by atoms with van der Waals surface area (Å²) < 4.78 is 35.4. The Labute approximate surface area is 81.5 Å². The molecule has 0 aromatic heterocycles. The van der Waals surface area contributed by atoms with Crippen LogP contribution in [0.2, 0.25) is 0 Å². The second kappa shape index (κ2) is 3.49. The average Bonchev–Trinajstić information content (AvgIpc) is 2.02. The maximum absolute atomic E-state index is 13.0. The first kappa shape index (κ1) is 10.8. The molecule has 1 rings (SSSR count). The molecule has 0 unspecified atom stereocenters. The Morgan fingerprint density at radius 3 is 2.36 bits per heavy atom. The summed E-state index contributed by atoms with van der Waals surface area (Å²) in [5.41, 5.74) is 0.0617. The van der Waals surface area contributed by atoms with Crippen LogP contribution in [0.1, 0.15) is 15.9 Å². The summed E-state index contributed by atoms with van der Waals surface area (Å²) in [7, 11) is -3.41. The van der Waals surface area contributed by atoms with E-state index in [-0.39, 0.29) is 10.5 Å². The van der Waals surface area contributed by atoms with Gasteiger partial charge in [-0.2, -0.15) is 0 Å². The molecule has 0 saturated heterocycles. The molecule has 76 valence electrons. The van der Waals surface area contributed by atoms with Gasteiger partial charge in [-0.15, -0.1) is 0 Å². The van der Waals surface area contributed by atoms with Crippen LogP contribution in [0, 0.1) is 12.7 Å². The van der Waals surface area contributed by atoms with E-state index in [2.05, 4.69) is 0 Å². The zero-order valence-corrected chi connectivity index (χ0v) is 8.56. The van der Waals surface area contributed by atoms with Crippen molar-refractivity contribution < 1.29 is 17.6 Å². The lowest BCUT2D eigenvalue weighted by Crippen LogP contribution is -2.02. The van der Waals surface area contributed by atoms with Gasteiger partial charge in [-0.1, -0.05) is 0 Å². The van der Waals surface area contributed by atoms with E-state index < -0.39 is 15.7 Å². The van der Waals surface area contributed by atoms with Crippen molar-refractivity contribution in [3.05, 3.63) is 29.1 Å². The fraction of sp³-hybridized carbons (Fsp3) is 0.222. The molecular weight excluding hydrogens is 207 g/mol. The third kappa shape index (κ3) is 1.98. The topological polar surface area (TPSA) is 51.2 Å². The van der Waals surface area contributed by atoms with E-state index in [0.29, 0.717) is 11.8 Å². The van der Waals surface area contributed by atoms with Gasteiger partial charge in [-0.05, 0) is 24.6 Å². The van der Waals surface area contributed by atoms with Gasteiger partial charge in [0, 0.05) is 6.26 Å². The maximum Gasteiger partial charge on any atom is 0.175 e. The van der Waals surface area contributed by atoms with Crippen molar-refractivity contribution in [3.8, 4) is 0 Å². The largest absolute Gasteiger partial charge is 0.298 e. The molecule has 5 heteroatoms. The molecule has 0 bridgehead atoms. The van der Waals surface area contributed by atoms with Crippen molar-refractivity contribution >= 4 is 16.1 Å². The van der Waals surface area contributed by atoms with Crippen LogP contribution in [-0.4, -0.2) is 21.0 Å². The molecule has 0 N–H and O–H groups in total. The van der Waals surface area contributed by atoms with E-state index in [1.807, 2.05) is 0 Å². The number of carbonyl (C=O) groups is 1. The molecule has 0 aliphatic heterocycles. The highest BCUT2D eigenvalue weighted by molar-refractivity contribution is 7.90. The molecule has 0 saturated carbocycles. The van der Waals surface area contributed by atoms with Gasteiger partial charge in [0.05, 0.1) is 10.5 Å². The monoisotopic (exact) mass is 216 g/mol. The van der Waals surface area contributed by atoms with Gasteiger partial charge in [0.25, 0.3) is 0 Å². The lowest BCUT2D eigenvalue weighted by atomic mass is 10.1. The molecule has 0 heterocycles. The second-order valence-electron chi connectivity index (χ2n) is 3.03. The van der Waals surface area contributed by atoms with Gasteiger partial charge in [-0.25, -0.2) is 12.8 Å². The Balaban J connectivity index is 3.55. The first-order valence-corrected chi connectivity index (χ1v) is 5.71. The molecule has 0 atom stereocenters. The van der Waals surface area contributed by atoms with Crippen molar-refractivity contribution in [2.45, 2.75) is 11.8 Å². The number of benzene rings is 1. The average molecular weight is 216 g/mol. The first-order valence-electron chi connectivity index (χ1n) is 3.81. The molecule has 3 nitrogen and oxygen atoms in total. The van der Waals surface area contributed by atoms with Crippen LogP contribution in [0.4, 0.5) is 4.39 Å². The predicted molar refractivity (Wildman–Crippen MR) is 49.6 cm³/mol. The van der Waals surface area contributed by atoms with Gasteiger partial charge in [0.2, 0.25) is 0 Å². The molecule has 0 spiro atoms. The molecule has 0 aliphatic carbocycles. The molecular formula is C9H9FO3S. The Hall–Kier alpha value is -1.23. The van der Waals surface area contributed by atoms with E-state index in [1.165, 1.54) is 6.92 Å². The predicted octanol–water partition coefficient (Wildman–Crippen LogP) is 1.35. The van der Waals surface area contributed by atoms with Crippen LogP contribution in [0.5, 0.6) is 0 Å². The number of carbonyl (C=O) groups excluding carboxylic acids is 1. The van der Waals surface area contributed by atoms with Gasteiger partial charge in [0.1, 0.15) is 5.82 Å². The van der Waals surface area contributed by atoms with Crippen LogP contribution >= 0.6 is 0 Å². The first-order chi connectivity index (χ1) is 6.36. The summed E-state index contributed by atoms with van der Waals surface area (Å²) in [5.74, 6) is -0.704. The van der Waals surface area contributed by atoms with Gasteiger partial charge in [0.15, 0.2) is 16.1 Å². The summed E-state index contributed by atoms with van der Waals surface area (Å²) in [4.78, 5) is 10.4. The summed E-state index contributed by atoms with van der Waals surface area (Å²) in [6.45, 7) is 1.48. The molecule has 1 aromatic carbocycles. The van der Waals surface area contributed by atoms with E-state index in [9.17, 15) is 17.6 Å². The highest BCUT2D eigenvalue weighted by Crippen LogP contribution is 2.18. The van der Waals surface area contributed by atoms with E-state index >= 15 is 0 Å². The van der Waals surface area contributed by atoms with E-state index in [4.69, 9.17) is 0 Å². The zero-order valence-electron chi connectivity index (χ0n) is 7.74. The van der Waals surface area contributed by atoms with Crippen molar-refractivity contribution in [2.24, 2.45) is 0 Å². The minimum atomic E-state index is -3.41. The lowest BCUT2D eigenvalue weighted by Gasteiger charge is -2.04. The quantitative estimate of drug-likeness (QED) is 0.554. The Bertz CT molecular complexity index is 477. The lowest BCUT2D eigenvalue weighted by molar-refractivity contribution is 0.111. The van der Waals surface area contributed by atoms with Gasteiger partial charge in [-0.3, -0.25) is 4.79 Å². The second-order valence-corrected chi connectivity index (χ2v) is 5.01. The standard InChI is InChI=1S/C9H9FO3S/c1-6-3-8(10)7(5-11)4-9(6)14(2,12)13/h3-5H,1-2H3. The number of aldehydes is 1. The molecule has 0 amide bonds. The third-order valence-electron chi connectivity index (χ3n) is 1.82. The fourth-order valence-electron chi connectivity index (χ4n) is 1.16. The number of aryl methyl sites for hydroxylation is 1. The van der Waals surface area contributed by atoms with Crippen LogP contribution < -0.4 is 0 Å². The van der Waals surface area contributed by atoms with Crippen LogP contribution in [0.15, 0.2) is 17.0 Å². The van der Waals surface area contributed by atoms with Gasteiger partial charge >= 0.3 is 0 Å². The zero-order chi connectivity index (χ0) is 10.9. The van der Waals surface area contributed by atoms with Crippen molar-refractivity contribution in [3.63, 3.8) is 0 Å². The molecule has 1 aromatic rings. The summed E-state index contributed by atoms with van der Waals surface area (Å²) >= 11 is 0. The molecule has 0 fully saturated rings. The van der Waals surface area contributed by atoms with Crippen LogP contribution in [0.25, 0.3) is 0 Å². The maximum atomic E-state index is 13.0. The van der Waals surface area contributed by atoms with Crippen molar-refractivity contribution in [1.29, 1.82) is 0 Å². The smallest absolute Gasteiger partial charge is 0.175 e. The Kier molecular flexibility index (Phi) is 2.71. The van der Waals surface area contributed by atoms with Gasteiger partial charge < -0.3 is 0 Å². The normalized spacial score (nSPS) is 11.4. The van der Waals surface area contributed by atoms with E-state index in [1.54, 1.807) is 0 Å². The Morgan fingerprint density at radius 2 is 1.93 bits per heavy atom. The highest BCUT2D eigenvalue weighted by atomic mass is 32.2. The number of rotatable bonds is 2. The van der Waals surface area contributed by atoms with Crippen molar-refractivity contribution in [2.75, 3.05) is 6.26 Å². The van der Waals surface area contributed by atoms with Crippen LogP contribution in [0.3, 0.4) is 0 Å². The fourth-order valence-corrected chi connectivity index (χ4v) is 2.14. The Morgan fingerprint density at radius 1 is 1.36 bits per heavy atom. The minimum Gasteiger partial charge on any atom is -0.298 e. The third-order valence-corrected chi connectivity index (χ3v) is 3.06. The van der Waals surface area contributed by atoms with Crippen LogP contribution in [-0.2, 0) is 9.84 Å². The highest BCUT2D eigenvalue weighted by Gasteiger charge is 2.14. The number of hydrogen-bond acceptors (Lipinski definition) is 3. The number of hydrogen-bond donors (Lipinski definition) is 0. The SMILES string of the molecule is Cc1cc(F)c(C=O)cc1S(C)(=O)=O. The number of sulfone groups is 1. The number of halogens is 1.